The van der Waals surface area contributed by atoms with Crippen molar-refractivity contribution in [1.29, 1.82) is 0 Å². The zero-order valence-electron chi connectivity index (χ0n) is 14.8. The lowest BCUT2D eigenvalue weighted by Gasteiger charge is -2.37. The summed E-state index contributed by atoms with van der Waals surface area (Å²) in [5, 5.41) is 3.10. The third-order valence-electron chi connectivity index (χ3n) is 5.01. The summed E-state index contributed by atoms with van der Waals surface area (Å²) in [6, 6.07) is -0.140. The van der Waals surface area contributed by atoms with Crippen molar-refractivity contribution < 1.29 is 13.6 Å². The quantitative estimate of drug-likeness (QED) is 0.826. The Balaban J connectivity index is 1.65. The average Bonchev–Trinajstić information content (AvgIpc) is 3.34. The average molecular weight is 347 g/mol. The molecule has 0 bridgehead atoms. The number of hydrogen-bond donors (Lipinski definition) is 1. The first-order chi connectivity index (χ1) is 12.1. The molecule has 1 aliphatic rings. The second-order valence-corrected chi connectivity index (χ2v) is 6.80. The zero-order valence-corrected chi connectivity index (χ0v) is 14.8. The number of carbonyl (C=O) groups is 1. The number of likely N-dealkylation sites (N-methyl/N-ethyl adjacent to an activating group) is 1. The molecule has 8 heteroatoms. The van der Waals surface area contributed by atoms with Crippen molar-refractivity contribution >= 4 is 6.03 Å². The van der Waals surface area contributed by atoms with Crippen LogP contribution in [0.5, 0.6) is 0 Å². The summed E-state index contributed by atoms with van der Waals surface area (Å²) in [4.78, 5) is 24.9. The number of hydrogen-bond acceptors (Lipinski definition) is 6. The maximum atomic E-state index is 12.8. The smallest absolute Gasteiger partial charge is 0.318 e. The normalized spacial score (nSPS) is 16.3. The van der Waals surface area contributed by atoms with E-state index in [4.69, 9.17) is 8.83 Å². The molecule has 1 aliphatic carbocycles. The van der Waals surface area contributed by atoms with Crippen LogP contribution in [-0.4, -0.2) is 52.0 Å². The lowest BCUT2D eigenvalue weighted by Crippen LogP contribution is -2.53. The topological polar surface area (TPSA) is 87.6 Å². The molecule has 0 saturated heterocycles. The third-order valence-corrected chi connectivity index (χ3v) is 5.01. The van der Waals surface area contributed by atoms with Gasteiger partial charge in [-0.2, -0.15) is 0 Å². The van der Waals surface area contributed by atoms with E-state index in [0.29, 0.717) is 31.0 Å². The van der Waals surface area contributed by atoms with Crippen molar-refractivity contribution in [3.63, 3.8) is 0 Å². The summed E-state index contributed by atoms with van der Waals surface area (Å²) in [6.07, 6.45) is 10.4. The Bertz CT molecular complexity index is 612. The van der Waals surface area contributed by atoms with E-state index < -0.39 is 0 Å². The summed E-state index contributed by atoms with van der Waals surface area (Å²) < 4.78 is 10.0. The van der Waals surface area contributed by atoms with Crippen LogP contribution < -0.4 is 5.32 Å². The van der Waals surface area contributed by atoms with Gasteiger partial charge in [0.25, 0.3) is 0 Å². The number of carbonyl (C=O) groups excluding carboxylic acids is 1. The molecule has 136 valence electrons. The molecule has 0 aromatic carbocycles. The van der Waals surface area contributed by atoms with Gasteiger partial charge in [-0.25, -0.2) is 14.8 Å². The SMILES string of the molecule is CN(C)C1(CNC(=O)N(Cc2cocn2)Cc2cocn2)CCCC1. The van der Waals surface area contributed by atoms with E-state index in [2.05, 4.69) is 34.3 Å². The molecule has 2 amide bonds. The first-order valence-electron chi connectivity index (χ1n) is 8.53. The molecule has 8 nitrogen and oxygen atoms in total. The summed E-state index contributed by atoms with van der Waals surface area (Å²) >= 11 is 0. The molecule has 3 rings (SSSR count). The maximum absolute atomic E-state index is 12.8. The van der Waals surface area contributed by atoms with Crippen molar-refractivity contribution in [1.82, 2.24) is 25.1 Å². The second-order valence-electron chi connectivity index (χ2n) is 6.80. The van der Waals surface area contributed by atoms with E-state index in [1.165, 1.54) is 25.6 Å². The Labute approximate surface area is 147 Å². The number of rotatable bonds is 7. The van der Waals surface area contributed by atoms with Crippen LogP contribution in [0.15, 0.2) is 34.1 Å². The van der Waals surface area contributed by atoms with Gasteiger partial charge >= 0.3 is 6.03 Å². The molecule has 2 heterocycles. The fourth-order valence-electron chi connectivity index (χ4n) is 3.39. The lowest BCUT2D eigenvalue weighted by molar-refractivity contribution is 0.144. The predicted molar refractivity (Wildman–Crippen MR) is 90.5 cm³/mol. The van der Waals surface area contributed by atoms with Gasteiger partial charge in [0.1, 0.15) is 12.5 Å². The molecule has 2 aromatic heterocycles. The van der Waals surface area contributed by atoms with Crippen LogP contribution in [0.1, 0.15) is 37.1 Å². The summed E-state index contributed by atoms with van der Waals surface area (Å²) in [6.45, 7) is 1.33. The number of amides is 2. The number of nitrogens with one attached hydrogen (secondary N) is 1. The number of urea groups is 1. The zero-order chi connectivity index (χ0) is 17.7. The van der Waals surface area contributed by atoms with E-state index in [0.717, 1.165) is 12.8 Å². The minimum absolute atomic E-state index is 0.0448. The molecule has 0 unspecified atom stereocenters. The fourth-order valence-corrected chi connectivity index (χ4v) is 3.39. The summed E-state index contributed by atoms with van der Waals surface area (Å²) in [7, 11) is 4.17. The van der Waals surface area contributed by atoms with Crippen LogP contribution in [0.2, 0.25) is 0 Å². The molecule has 25 heavy (non-hydrogen) atoms. The Morgan fingerprint density at radius 1 is 1.12 bits per heavy atom. The Hall–Kier alpha value is -2.35. The van der Waals surface area contributed by atoms with Crippen LogP contribution in [0.4, 0.5) is 4.79 Å². The van der Waals surface area contributed by atoms with Gasteiger partial charge in [0.15, 0.2) is 12.8 Å². The monoisotopic (exact) mass is 347 g/mol. The van der Waals surface area contributed by atoms with Crippen LogP contribution in [0, 0.1) is 0 Å². The number of aromatic nitrogens is 2. The van der Waals surface area contributed by atoms with E-state index in [1.807, 2.05) is 0 Å². The lowest BCUT2D eigenvalue weighted by atomic mass is 9.96. The summed E-state index contributed by atoms with van der Waals surface area (Å²) in [5.41, 5.74) is 1.44. The van der Waals surface area contributed by atoms with Crippen molar-refractivity contribution in [3.05, 3.63) is 36.7 Å². The minimum Gasteiger partial charge on any atom is -0.451 e. The molecular weight excluding hydrogens is 322 g/mol. The Morgan fingerprint density at radius 2 is 1.68 bits per heavy atom. The van der Waals surface area contributed by atoms with Crippen molar-refractivity contribution in [3.8, 4) is 0 Å². The van der Waals surface area contributed by atoms with E-state index in [9.17, 15) is 4.79 Å². The molecule has 0 spiro atoms. The molecule has 1 saturated carbocycles. The van der Waals surface area contributed by atoms with E-state index in [-0.39, 0.29) is 11.6 Å². The van der Waals surface area contributed by atoms with Gasteiger partial charge in [-0.15, -0.1) is 0 Å². The molecule has 0 aliphatic heterocycles. The molecule has 1 N–H and O–H groups in total. The van der Waals surface area contributed by atoms with Gasteiger partial charge in [-0.3, -0.25) is 0 Å². The van der Waals surface area contributed by atoms with E-state index in [1.54, 1.807) is 17.4 Å². The molecule has 0 atom stereocenters. The Morgan fingerprint density at radius 3 is 2.12 bits per heavy atom. The van der Waals surface area contributed by atoms with Gasteiger partial charge < -0.3 is 24.0 Å². The molecule has 0 radical (unpaired) electrons. The van der Waals surface area contributed by atoms with Crippen LogP contribution in [0.25, 0.3) is 0 Å². The van der Waals surface area contributed by atoms with Gasteiger partial charge in [0, 0.05) is 12.1 Å². The standard InChI is InChI=1S/C17H25N5O3/c1-21(2)17(5-3-4-6-17)11-18-16(23)22(7-14-9-24-12-19-14)8-15-10-25-13-20-15/h9-10,12-13H,3-8,11H2,1-2H3,(H,18,23). The van der Waals surface area contributed by atoms with Gasteiger partial charge in [0.05, 0.1) is 24.5 Å². The second kappa shape index (κ2) is 7.69. The Kier molecular flexibility index (Phi) is 5.37. The van der Waals surface area contributed by atoms with Crippen molar-refractivity contribution in [2.24, 2.45) is 0 Å². The highest BCUT2D eigenvalue weighted by atomic mass is 16.3. The fraction of sp³-hybridized carbons (Fsp3) is 0.588. The van der Waals surface area contributed by atoms with Crippen LogP contribution in [0.3, 0.4) is 0 Å². The van der Waals surface area contributed by atoms with Crippen LogP contribution >= 0.6 is 0 Å². The van der Waals surface area contributed by atoms with Crippen molar-refractivity contribution in [2.45, 2.75) is 44.3 Å². The van der Waals surface area contributed by atoms with Crippen molar-refractivity contribution in [2.75, 3.05) is 20.6 Å². The third kappa shape index (κ3) is 4.19. The molecule has 1 fully saturated rings. The first-order valence-corrected chi connectivity index (χ1v) is 8.53. The number of nitrogens with zero attached hydrogens (tertiary/aromatic N) is 4. The van der Waals surface area contributed by atoms with Gasteiger partial charge in [-0.05, 0) is 26.9 Å². The largest absolute Gasteiger partial charge is 0.451 e. The highest BCUT2D eigenvalue weighted by molar-refractivity contribution is 5.74. The highest BCUT2D eigenvalue weighted by Gasteiger charge is 2.36. The first kappa shape index (κ1) is 17.5. The maximum Gasteiger partial charge on any atom is 0.318 e. The summed E-state index contributed by atoms with van der Waals surface area (Å²) in [5.74, 6) is 0. The van der Waals surface area contributed by atoms with Gasteiger partial charge in [-0.1, -0.05) is 12.8 Å². The predicted octanol–water partition coefficient (Wildman–Crippen LogP) is 2.25. The molecule has 2 aromatic rings. The molecular formula is C17H25N5O3. The van der Waals surface area contributed by atoms with Crippen LogP contribution in [-0.2, 0) is 13.1 Å². The minimum atomic E-state index is -0.140. The van der Waals surface area contributed by atoms with E-state index >= 15 is 0 Å². The van der Waals surface area contributed by atoms with Gasteiger partial charge in [0.2, 0.25) is 0 Å². The highest BCUT2D eigenvalue weighted by Crippen LogP contribution is 2.33. The number of oxazole rings is 2.